The second-order valence-corrected chi connectivity index (χ2v) is 5.74. The Morgan fingerprint density at radius 3 is 2.41 bits per heavy atom. The maximum Gasteiger partial charge on any atom is 0.343 e. The molecule has 2 rings (SSSR count). The molecule has 9 nitrogen and oxygen atoms in total. The number of nitro groups is 1. The average Bonchev–Trinajstić information content (AvgIpc) is 2.72. The molecule has 0 aliphatic carbocycles. The monoisotopic (exact) mass is 397 g/mol. The molecular formula is C20H19N3O6. The molecule has 2 N–H and O–H groups in total. The van der Waals surface area contributed by atoms with Gasteiger partial charge < -0.3 is 9.84 Å². The lowest BCUT2D eigenvalue weighted by atomic mass is 10.1. The fourth-order valence-electron chi connectivity index (χ4n) is 2.30. The predicted octanol–water partition coefficient (Wildman–Crippen LogP) is 2.77. The largest absolute Gasteiger partial charge is 0.506 e. The number of non-ortho nitro benzene ring substituents is 1. The molecule has 0 spiro atoms. The van der Waals surface area contributed by atoms with Crippen molar-refractivity contribution >= 4 is 29.5 Å². The first-order chi connectivity index (χ1) is 13.9. The number of carbonyl (C=O) groups is 2. The first-order valence-electron chi connectivity index (χ1n) is 8.63. The summed E-state index contributed by atoms with van der Waals surface area (Å²) in [6, 6.07) is 13.9. The van der Waals surface area contributed by atoms with Crippen molar-refractivity contribution in [2.24, 2.45) is 5.10 Å². The van der Waals surface area contributed by atoms with Crippen LogP contribution < -0.4 is 5.43 Å². The van der Waals surface area contributed by atoms with Crippen LogP contribution in [0.25, 0.3) is 5.76 Å². The number of nitrogens with one attached hydrogen (secondary N) is 1. The van der Waals surface area contributed by atoms with Crippen LogP contribution in [0.4, 0.5) is 5.69 Å². The summed E-state index contributed by atoms with van der Waals surface area (Å²) < 4.78 is 4.91. The average molecular weight is 397 g/mol. The summed E-state index contributed by atoms with van der Waals surface area (Å²) in [6.07, 6.45) is 0.937. The normalized spacial score (nSPS) is 11.6. The molecule has 0 aromatic heterocycles. The number of hydrazone groups is 1. The van der Waals surface area contributed by atoms with Crippen LogP contribution in [0.15, 0.2) is 65.3 Å². The van der Waals surface area contributed by atoms with Crippen molar-refractivity contribution in [1.82, 2.24) is 5.43 Å². The third-order valence-corrected chi connectivity index (χ3v) is 3.69. The van der Waals surface area contributed by atoms with Gasteiger partial charge in [0.25, 0.3) is 5.69 Å². The van der Waals surface area contributed by atoms with Gasteiger partial charge in [-0.3, -0.25) is 14.9 Å². The Balaban J connectivity index is 2.09. The minimum atomic E-state index is -0.790. The van der Waals surface area contributed by atoms with Gasteiger partial charge >= 0.3 is 5.97 Å². The highest BCUT2D eigenvalue weighted by Crippen LogP contribution is 2.16. The van der Waals surface area contributed by atoms with Gasteiger partial charge in [-0.15, -0.1) is 0 Å². The van der Waals surface area contributed by atoms with E-state index in [0.717, 1.165) is 6.21 Å². The summed E-state index contributed by atoms with van der Waals surface area (Å²) in [5.74, 6) is -1.63. The molecule has 0 bridgehead atoms. The van der Waals surface area contributed by atoms with Gasteiger partial charge in [-0.25, -0.2) is 10.2 Å². The van der Waals surface area contributed by atoms with E-state index in [1.807, 2.05) is 0 Å². The van der Waals surface area contributed by atoms with E-state index in [9.17, 15) is 24.8 Å². The van der Waals surface area contributed by atoms with Crippen LogP contribution in [0.5, 0.6) is 0 Å². The molecule has 2 aromatic carbocycles. The van der Waals surface area contributed by atoms with Gasteiger partial charge in [0.2, 0.25) is 5.91 Å². The molecular weight excluding hydrogens is 378 g/mol. The Labute approximate surface area is 166 Å². The number of esters is 1. The number of hydrogen-bond donors (Lipinski definition) is 2. The van der Waals surface area contributed by atoms with E-state index in [4.69, 9.17) is 4.74 Å². The van der Waals surface area contributed by atoms with Crippen molar-refractivity contribution in [2.45, 2.75) is 13.3 Å². The number of rotatable bonds is 8. The molecule has 0 saturated carbocycles. The Bertz CT molecular complexity index is 936. The third kappa shape index (κ3) is 6.28. The molecule has 0 fully saturated rings. The number of nitrogens with zero attached hydrogens (tertiary/aromatic N) is 2. The van der Waals surface area contributed by atoms with Crippen LogP contribution in [0.2, 0.25) is 0 Å². The van der Waals surface area contributed by atoms with Crippen molar-refractivity contribution < 1.29 is 24.4 Å². The van der Waals surface area contributed by atoms with E-state index in [-0.39, 0.29) is 30.0 Å². The lowest BCUT2D eigenvalue weighted by Gasteiger charge is -2.07. The summed E-state index contributed by atoms with van der Waals surface area (Å²) in [5, 5.41) is 24.7. The molecule has 0 aliphatic heterocycles. The molecule has 9 heteroatoms. The van der Waals surface area contributed by atoms with Crippen LogP contribution in [0.3, 0.4) is 0 Å². The van der Waals surface area contributed by atoms with Gasteiger partial charge in [0.1, 0.15) is 11.3 Å². The molecule has 0 radical (unpaired) electrons. The molecule has 0 aliphatic rings. The molecule has 2 aromatic rings. The number of carbonyl (C=O) groups excluding carboxylic acids is 2. The molecule has 150 valence electrons. The van der Waals surface area contributed by atoms with Crippen LogP contribution >= 0.6 is 0 Å². The number of benzene rings is 2. The number of amides is 1. The quantitative estimate of drug-likeness (QED) is 0.176. The summed E-state index contributed by atoms with van der Waals surface area (Å²) >= 11 is 0. The van der Waals surface area contributed by atoms with E-state index in [1.54, 1.807) is 37.3 Å². The zero-order valence-electron chi connectivity index (χ0n) is 15.6. The number of hydrogen-bond acceptors (Lipinski definition) is 7. The first-order valence-corrected chi connectivity index (χ1v) is 8.63. The highest BCUT2D eigenvalue weighted by Gasteiger charge is 2.16. The Kier molecular flexibility index (Phi) is 7.60. The van der Waals surface area contributed by atoms with Gasteiger partial charge in [-0.1, -0.05) is 42.5 Å². The van der Waals surface area contributed by atoms with Crippen molar-refractivity contribution in [1.29, 1.82) is 0 Å². The van der Waals surface area contributed by atoms with E-state index >= 15 is 0 Å². The molecule has 0 heterocycles. The van der Waals surface area contributed by atoms with Crippen LogP contribution in [-0.2, 0) is 20.7 Å². The SMILES string of the molecule is CCOC(=O)C(C=NNC(=O)Cc1ccc([N+](=O)[O-])cc1)=C(O)c1ccccc1. The fourth-order valence-corrected chi connectivity index (χ4v) is 2.30. The maximum absolute atomic E-state index is 12.1. The number of aliphatic hydroxyl groups excluding tert-OH is 1. The van der Waals surface area contributed by atoms with Crippen molar-refractivity contribution in [3.05, 3.63) is 81.4 Å². The minimum Gasteiger partial charge on any atom is -0.506 e. The lowest BCUT2D eigenvalue weighted by molar-refractivity contribution is -0.384. The number of nitro benzene ring substituents is 1. The molecule has 0 saturated heterocycles. The van der Waals surface area contributed by atoms with Gasteiger partial charge in [0, 0.05) is 17.7 Å². The summed E-state index contributed by atoms with van der Waals surface area (Å²) in [7, 11) is 0. The van der Waals surface area contributed by atoms with Gasteiger partial charge in [-0.2, -0.15) is 5.10 Å². The van der Waals surface area contributed by atoms with Crippen molar-refractivity contribution in [3.8, 4) is 0 Å². The Morgan fingerprint density at radius 1 is 1.17 bits per heavy atom. The molecule has 0 atom stereocenters. The molecule has 29 heavy (non-hydrogen) atoms. The third-order valence-electron chi connectivity index (χ3n) is 3.69. The highest BCUT2D eigenvalue weighted by molar-refractivity contribution is 6.15. The second-order valence-electron chi connectivity index (χ2n) is 5.74. The van der Waals surface area contributed by atoms with E-state index in [0.29, 0.717) is 11.1 Å². The summed E-state index contributed by atoms with van der Waals surface area (Å²) in [6.45, 7) is 1.73. The van der Waals surface area contributed by atoms with E-state index in [2.05, 4.69) is 10.5 Å². The second kappa shape index (κ2) is 10.4. The highest BCUT2D eigenvalue weighted by atomic mass is 16.6. The van der Waals surface area contributed by atoms with E-state index < -0.39 is 16.8 Å². The summed E-state index contributed by atoms with van der Waals surface area (Å²) in [4.78, 5) is 34.2. The molecule has 1 amide bonds. The number of aliphatic hydroxyl groups is 1. The predicted molar refractivity (Wildman–Crippen MR) is 106 cm³/mol. The fraction of sp³-hybridized carbons (Fsp3) is 0.150. The Hall–Kier alpha value is -4.01. The Morgan fingerprint density at radius 2 is 1.83 bits per heavy atom. The topological polar surface area (TPSA) is 131 Å². The maximum atomic E-state index is 12.1. The smallest absolute Gasteiger partial charge is 0.343 e. The minimum absolute atomic E-state index is 0.0710. The van der Waals surface area contributed by atoms with Gasteiger partial charge in [0.05, 0.1) is 24.2 Å². The van der Waals surface area contributed by atoms with E-state index in [1.165, 1.54) is 24.3 Å². The van der Waals surface area contributed by atoms with Crippen LogP contribution in [0, 0.1) is 10.1 Å². The zero-order chi connectivity index (χ0) is 21.2. The van der Waals surface area contributed by atoms with Crippen LogP contribution in [0.1, 0.15) is 18.1 Å². The summed E-state index contributed by atoms with van der Waals surface area (Å²) in [5.41, 5.74) is 2.90. The molecule has 0 unspecified atom stereocenters. The first kappa shape index (κ1) is 21.3. The van der Waals surface area contributed by atoms with Crippen LogP contribution in [-0.4, -0.2) is 34.7 Å². The zero-order valence-corrected chi connectivity index (χ0v) is 15.6. The number of ether oxygens (including phenoxy) is 1. The van der Waals surface area contributed by atoms with Gasteiger partial charge in [-0.05, 0) is 12.5 Å². The lowest BCUT2D eigenvalue weighted by Crippen LogP contribution is -2.21. The van der Waals surface area contributed by atoms with Crippen molar-refractivity contribution in [2.75, 3.05) is 6.61 Å². The standard InChI is InChI=1S/C20H19N3O6/c1-2-29-20(26)17(19(25)15-6-4-3-5-7-15)13-21-22-18(24)12-14-8-10-16(11-9-14)23(27)28/h3-11,13,25H,2,12H2,1H3,(H,22,24). The van der Waals surface area contributed by atoms with Gasteiger partial charge in [0.15, 0.2) is 0 Å². The van der Waals surface area contributed by atoms with Crippen molar-refractivity contribution in [3.63, 3.8) is 0 Å².